The Kier molecular flexibility index (Phi) is 8.84. The van der Waals surface area contributed by atoms with Gasteiger partial charge in [-0.25, -0.2) is 20.0 Å². The van der Waals surface area contributed by atoms with E-state index in [1.807, 2.05) is 35.3 Å². The molecule has 2 rings (SSSR count). The summed E-state index contributed by atoms with van der Waals surface area (Å²) in [5.74, 6) is -0.587. The number of benzene rings is 1. The molecular formula is C20H32N4O5. The van der Waals surface area contributed by atoms with Gasteiger partial charge < -0.3 is 19.5 Å². The standard InChI is InChI=1S/C20H32N4O5/c1-5-11-24-12-17(22-23-24)27-14-16(21-19(26)29-20(2,3)4)18(25)28-13-15-9-7-6-8-10-15/h6-10,16-17,22-23H,5,11-14H2,1-4H3,(H,21,26). The lowest BCUT2D eigenvalue weighted by Crippen LogP contribution is -2.48. The van der Waals surface area contributed by atoms with Crippen LogP contribution in [0, 0.1) is 0 Å². The zero-order valence-electron chi connectivity index (χ0n) is 17.6. The highest BCUT2D eigenvalue weighted by Crippen LogP contribution is 2.08. The summed E-state index contributed by atoms with van der Waals surface area (Å²) in [5, 5.41) is 4.53. The number of amides is 1. The molecule has 0 saturated carbocycles. The zero-order valence-corrected chi connectivity index (χ0v) is 17.6. The Hall–Kier alpha value is -2.20. The van der Waals surface area contributed by atoms with Crippen LogP contribution in [0.1, 0.15) is 39.7 Å². The van der Waals surface area contributed by atoms with E-state index in [9.17, 15) is 9.59 Å². The summed E-state index contributed by atoms with van der Waals surface area (Å²) in [5.41, 5.74) is 6.18. The summed E-state index contributed by atoms with van der Waals surface area (Å²) in [6, 6.07) is 8.34. The van der Waals surface area contributed by atoms with Gasteiger partial charge in [-0.3, -0.25) is 0 Å². The molecule has 29 heavy (non-hydrogen) atoms. The van der Waals surface area contributed by atoms with Crippen molar-refractivity contribution in [2.24, 2.45) is 0 Å². The minimum atomic E-state index is -0.990. The van der Waals surface area contributed by atoms with Crippen LogP contribution in [0.2, 0.25) is 0 Å². The number of nitrogens with zero attached hydrogens (tertiary/aromatic N) is 1. The van der Waals surface area contributed by atoms with Gasteiger partial charge in [0.25, 0.3) is 0 Å². The Morgan fingerprint density at radius 1 is 1.28 bits per heavy atom. The third-order valence-electron chi connectivity index (χ3n) is 3.93. The molecule has 162 valence electrons. The quantitative estimate of drug-likeness (QED) is 0.531. The molecule has 0 bridgehead atoms. The third-order valence-corrected chi connectivity index (χ3v) is 3.93. The summed E-state index contributed by atoms with van der Waals surface area (Å²) in [4.78, 5) is 24.7. The maximum atomic E-state index is 12.6. The summed E-state index contributed by atoms with van der Waals surface area (Å²) < 4.78 is 16.4. The van der Waals surface area contributed by atoms with Crippen molar-refractivity contribution in [1.29, 1.82) is 0 Å². The minimum absolute atomic E-state index is 0.0494. The van der Waals surface area contributed by atoms with E-state index >= 15 is 0 Å². The van der Waals surface area contributed by atoms with Gasteiger partial charge in [-0.05, 0) is 32.8 Å². The Balaban J connectivity index is 1.91. The van der Waals surface area contributed by atoms with Crippen molar-refractivity contribution in [2.75, 3.05) is 19.7 Å². The van der Waals surface area contributed by atoms with Crippen LogP contribution in [0.15, 0.2) is 30.3 Å². The van der Waals surface area contributed by atoms with Gasteiger partial charge >= 0.3 is 12.1 Å². The van der Waals surface area contributed by atoms with Gasteiger partial charge in [-0.1, -0.05) is 37.3 Å². The van der Waals surface area contributed by atoms with Crippen molar-refractivity contribution < 1.29 is 23.8 Å². The molecule has 1 aliphatic rings. The number of hydrogen-bond acceptors (Lipinski definition) is 8. The van der Waals surface area contributed by atoms with Gasteiger partial charge in [-0.2, -0.15) is 5.53 Å². The predicted molar refractivity (Wildman–Crippen MR) is 107 cm³/mol. The number of rotatable bonds is 9. The van der Waals surface area contributed by atoms with Gasteiger partial charge in [0, 0.05) is 6.54 Å². The minimum Gasteiger partial charge on any atom is -0.459 e. The second-order valence-corrected chi connectivity index (χ2v) is 7.82. The highest BCUT2D eigenvalue weighted by molar-refractivity contribution is 5.81. The molecule has 0 radical (unpaired) electrons. The second kappa shape index (κ2) is 11.1. The van der Waals surface area contributed by atoms with Crippen molar-refractivity contribution in [2.45, 2.75) is 58.6 Å². The first-order valence-corrected chi connectivity index (χ1v) is 9.84. The Labute approximate surface area is 172 Å². The molecule has 1 amide bonds. The lowest BCUT2D eigenvalue weighted by molar-refractivity contribution is -0.150. The van der Waals surface area contributed by atoms with Crippen LogP contribution in [0.5, 0.6) is 0 Å². The van der Waals surface area contributed by atoms with E-state index in [4.69, 9.17) is 14.2 Å². The van der Waals surface area contributed by atoms with Crippen LogP contribution in [0.3, 0.4) is 0 Å². The summed E-state index contributed by atoms with van der Waals surface area (Å²) in [6.45, 7) is 8.88. The van der Waals surface area contributed by atoms with Crippen LogP contribution in [-0.2, 0) is 25.6 Å². The number of carbonyl (C=O) groups is 2. The average Bonchev–Trinajstić information content (AvgIpc) is 3.10. The van der Waals surface area contributed by atoms with Crippen LogP contribution in [-0.4, -0.2) is 54.6 Å². The summed E-state index contributed by atoms with van der Waals surface area (Å²) >= 11 is 0. The molecule has 0 aliphatic carbocycles. The van der Waals surface area contributed by atoms with Gasteiger partial charge in [-0.15, -0.1) is 0 Å². The van der Waals surface area contributed by atoms with E-state index in [-0.39, 0.29) is 19.4 Å². The third kappa shape index (κ3) is 8.78. The maximum Gasteiger partial charge on any atom is 0.408 e. The number of esters is 1. The molecule has 1 saturated heterocycles. The highest BCUT2D eigenvalue weighted by Gasteiger charge is 2.29. The largest absolute Gasteiger partial charge is 0.459 e. The van der Waals surface area contributed by atoms with Crippen molar-refractivity contribution in [1.82, 2.24) is 21.3 Å². The lowest BCUT2D eigenvalue weighted by Gasteiger charge is -2.23. The van der Waals surface area contributed by atoms with Gasteiger partial charge in [0.15, 0.2) is 6.04 Å². The molecule has 1 aromatic carbocycles. The van der Waals surface area contributed by atoms with Crippen molar-refractivity contribution in [3.63, 3.8) is 0 Å². The smallest absolute Gasteiger partial charge is 0.408 e. The normalized spacial score (nSPS) is 18.3. The monoisotopic (exact) mass is 408 g/mol. The van der Waals surface area contributed by atoms with Crippen LogP contribution >= 0.6 is 0 Å². The van der Waals surface area contributed by atoms with Crippen molar-refractivity contribution in [3.05, 3.63) is 35.9 Å². The van der Waals surface area contributed by atoms with E-state index in [0.717, 1.165) is 18.5 Å². The summed E-state index contributed by atoms with van der Waals surface area (Å²) in [6.07, 6.45) is -0.0185. The first-order valence-electron chi connectivity index (χ1n) is 9.84. The molecule has 3 N–H and O–H groups in total. The number of alkyl carbamates (subject to hydrolysis) is 1. The molecule has 2 atom stereocenters. The number of ether oxygens (including phenoxy) is 3. The lowest BCUT2D eigenvalue weighted by atomic mass is 10.2. The molecule has 2 unspecified atom stereocenters. The molecule has 1 aliphatic heterocycles. The maximum absolute atomic E-state index is 12.6. The molecule has 1 fully saturated rings. The Bertz CT molecular complexity index is 650. The predicted octanol–water partition coefficient (Wildman–Crippen LogP) is 1.70. The van der Waals surface area contributed by atoms with Crippen LogP contribution in [0.4, 0.5) is 4.79 Å². The van der Waals surface area contributed by atoms with E-state index in [2.05, 4.69) is 23.2 Å². The summed E-state index contributed by atoms with van der Waals surface area (Å²) in [7, 11) is 0. The fourth-order valence-electron chi connectivity index (χ4n) is 2.63. The molecule has 0 aromatic heterocycles. The number of hydrogen-bond donors (Lipinski definition) is 3. The fraction of sp³-hybridized carbons (Fsp3) is 0.600. The van der Waals surface area contributed by atoms with Crippen LogP contribution in [0.25, 0.3) is 0 Å². The molecule has 1 heterocycles. The molecule has 9 nitrogen and oxygen atoms in total. The first-order chi connectivity index (χ1) is 13.8. The molecule has 9 heteroatoms. The SMILES string of the molecule is CCCN1CC(OCC(NC(=O)OC(C)(C)C)C(=O)OCc2ccccc2)NN1. The van der Waals surface area contributed by atoms with Gasteiger partial charge in [0.05, 0.1) is 13.2 Å². The molecule has 1 aromatic rings. The van der Waals surface area contributed by atoms with Crippen molar-refractivity contribution >= 4 is 12.1 Å². The van der Waals surface area contributed by atoms with E-state index in [0.29, 0.717) is 6.54 Å². The second-order valence-electron chi connectivity index (χ2n) is 7.82. The zero-order chi connectivity index (χ0) is 21.3. The number of nitrogens with one attached hydrogen (secondary N) is 3. The molecule has 0 spiro atoms. The highest BCUT2D eigenvalue weighted by atomic mass is 16.6. The Morgan fingerprint density at radius 3 is 2.66 bits per heavy atom. The topological polar surface area (TPSA) is 101 Å². The number of carbonyl (C=O) groups excluding carboxylic acids is 2. The number of hydrazine groups is 2. The molecular weight excluding hydrogens is 376 g/mol. The Morgan fingerprint density at radius 2 is 2.00 bits per heavy atom. The van der Waals surface area contributed by atoms with Crippen LogP contribution < -0.4 is 16.3 Å². The average molecular weight is 408 g/mol. The van der Waals surface area contributed by atoms with Gasteiger partial charge in [0.2, 0.25) is 0 Å². The first kappa shape index (κ1) is 23.1. The van der Waals surface area contributed by atoms with E-state index in [1.165, 1.54) is 0 Å². The van der Waals surface area contributed by atoms with Crippen molar-refractivity contribution in [3.8, 4) is 0 Å². The van der Waals surface area contributed by atoms with E-state index in [1.54, 1.807) is 20.8 Å². The van der Waals surface area contributed by atoms with E-state index < -0.39 is 23.7 Å². The van der Waals surface area contributed by atoms with Gasteiger partial charge in [0.1, 0.15) is 18.4 Å². The fourth-order valence-corrected chi connectivity index (χ4v) is 2.63.